The van der Waals surface area contributed by atoms with Crippen LogP contribution in [-0.2, 0) is 0 Å². The Morgan fingerprint density at radius 3 is 2.72 bits per heavy atom. The zero-order valence-corrected chi connectivity index (χ0v) is 15.2. The quantitative estimate of drug-likeness (QED) is 0.610. The molecule has 0 N–H and O–H groups in total. The van der Waals surface area contributed by atoms with E-state index in [9.17, 15) is 0 Å². The van der Waals surface area contributed by atoms with Crippen LogP contribution in [0.5, 0.6) is 0 Å². The molecule has 2 aliphatic rings. The Balaban J connectivity index is 1.58. The van der Waals surface area contributed by atoms with Crippen molar-refractivity contribution < 1.29 is 0 Å². The van der Waals surface area contributed by atoms with Crippen LogP contribution in [0.2, 0.25) is 0 Å². The molecule has 2 atom stereocenters. The second-order valence-corrected chi connectivity index (χ2v) is 8.37. The van der Waals surface area contributed by atoms with Crippen LogP contribution in [0, 0.1) is 5.92 Å². The maximum Gasteiger partial charge on any atom is 0.141 e. The number of piperidine rings is 1. The highest BCUT2D eigenvalue weighted by Gasteiger charge is 2.34. The van der Waals surface area contributed by atoms with E-state index in [1.165, 1.54) is 60.2 Å². The van der Waals surface area contributed by atoms with Gasteiger partial charge in [0.05, 0.1) is 5.39 Å². The Morgan fingerprint density at radius 2 is 1.80 bits per heavy atom. The van der Waals surface area contributed by atoms with E-state index in [1.54, 1.807) is 17.7 Å². The van der Waals surface area contributed by atoms with Crippen molar-refractivity contribution in [3.63, 3.8) is 0 Å². The number of fused-ring (bicyclic) bond motifs is 2. The fourth-order valence-electron chi connectivity index (χ4n) is 4.70. The lowest BCUT2D eigenvalue weighted by molar-refractivity contribution is 0.243. The van der Waals surface area contributed by atoms with Crippen molar-refractivity contribution in [2.24, 2.45) is 5.92 Å². The predicted octanol–water partition coefficient (Wildman–Crippen LogP) is 5.52. The average Bonchev–Trinajstić information content (AvgIpc) is 3.13. The van der Waals surface area contributed by atoms with Crippen molar-refractivity contribution >= 4 is 27.4 Å². The maximum absolute atomic E-state index is 4.75. The minimum Gasteiger partial charge on any atom is -0.353 e. The number of benzene rings is 1. The Morgan fingerprint density at radius 1 is 0.960 bits per heavy atom. The highest BCUT2D eigenvalue weighted by Crippen LogP contribution is 2.41. The molecule has 2 aromatic heterocycles. The molecule has 1 saturated carbocycles. The number of rotatable bonds is 2. The number of hydrogen-bond donors (Lipinski definition) is 0. The fraction of sp³-hybridized carbons (Fsp3) is 0.429. The van der Waals surface area contributed by atoms with Crippen LogP contribution in [0.1, 0.15) is 38.5 Å². The van der Waals surface area contributed by atoms with E-state index in [0.717, 1.165) is 17.3 Å². The third-order valence-corrected chi connectivity index (χ3v) is 6.97. The monoisotopic (exact) mass is 349 g/mol. The van der Waals surface area contributed by atoms with Gasteiger partial charge in [0.25, 0.3) is 0 Å². The Hall–Kier alpha value is -1.94. The van der Waals surface area contributed by atoms with E-state index >= 15 is 0 Å². The molecule has 1 aliphatic heterocycles. The Kier molecular flexibility index (Phi) is 3.93. The molecular weight excluding hydrogens is 326 g/mol. The summed E-state index contributed by atoms with van der Waals surface area (Å²) in [6.45, 7) is 1.14. The van der Waals surface area contributed by atoms with Crippen molar-refractivity contribution in [1.82, 2.24) is 9.97 Å². The first-order chi connectivity index (χ1) is 12.4. The molecule has 0 radical (unpaired) electrons. The average molecular weight is 350 g/mol. The van der Waals surface area contributed by atoms with Gasteiger partial charge in [-0.05, 0) is 43.2 Å². The lowest BCUT2D eigenvalue weighted by Crippen LogP contribution is -2.47. The minimum atomic E-state index is 0.681. The topological polar surface area (TPSA) is 29.0 Å². The van der Waals surface area contributed by atoms with Crippen LogP contribution in [0.4, 0.5) is 5.82 Å². The summed E-state index contributed by atoms with van der Waals surface area (Å²) in [5.74, 6) is 2.03. The summed E-state index contributed by atoms with van der Waals surface area (Å²) in [6, 6.07) is 13.6. The molecule has 0 amide bonds. The molecule has 1 aromatic carbocycles. The van der Waals surface area contributed by atoms with Crippen LogP contribution in [-0.4, -0.2) is 22.6 Å². The highest BCUT2D eigenvalue weighted by molar-refractivity contribution is 7.21. The van der Waals surface area contributed by atoms with Gasteiger partial charge in [0, 0.05) is 17.5 Å². The first-order valence-corrected chi connectivity index (χ1v) is 10.3. The van der Waals surface area contributed by atoms with Crippen molar-refractivity contribution in [2.45, 2.75) is 44.6 Å². The van der Waals surface area contributed by atoms with Crippen LogP contribution in [0.3, 0.4) is 0 Å². The number of anilines is 1. The van der Waals surface area contributed by atoms with Gasteiger partial charge in [0.15, 0.2) is 0 Å². The summed E-state index contributed by atoms with van der Waals surface area (Å²) >= 11 is 1.78. The molecule has 0 spiro atoms. The van der Waals surface area contributed by atoms with Crippen molar-refractivity contribution in [1.29, 1.82) is 0 Å². The van der Waals surface area contributed by atoms with E-state index < -0.39 is 0 Å². The van der Waals surface area contributed by atoms with Gasteiger partial charge in [-0.3, -0.25) is 0 Å². The first kappa shape index (κ1) is 15.3. The van der Waals surface area contributed by atoms with E-state index in [4.69, 9.17) is 4.98 Å². The van der Waals surface area contributed by atoms with Crippen LogP contribution in [0.25, 0.3) is 20.7 Å². The maximum atomic E-state index is 4.75. The summed E-state index contributed by atoms with van der Waals surface area (Å²) in [5, 5.41) is 1.23. The number of hydrogen-bond acceptors (Lipinski definition) is 4. The molecular formula is C21H23N3S. The second kappa shape index (κ2) is 6.41. The van der Waals surface area contributed by atoms with Crippen LogP contribution in [0.15, 0.2) is 42.7 Å². The van der Waals surface area contributed by atoms with Gasteiger partial charge in [-0.15, -0.1) is 11.3 Å². The fourth-order valence-corrected chi connectivity index (χ4v) is 5.70. The lowest BCUT2D eigenvalue weighted by atomic mass is 9.78. The molecule has 1 saturated heterocycles. The number of nitrogens with zero attached hydrogens (tertiary/aromatic N) is 3. The molecule has 2 fully saturated rings. The smallest absolute Gasteiger partial charge is 0.141 e. The van der Waals surface area contributed by atoms with E-state index in [1.807, 2.05) is 0 Å². The van der Waals surface area contributed by atoms with Gasteiger partial charge in [-0.25, -0.2) is 9.97 Å². The summed E-state index contributed by atoms with van der Waals surface area (Å²) < 4.78 is 0. The van der Waals surface area contributed by atoms with Crippen LogP contribution < -0.4 is 4.90 Å². The summed E-state index contributed by atoms with van der Waals surface area (Å²) in [6.07, 6.45) is 9.95. The van der Waals surface area contributed by atoms with Crippen LogP contribution >= 0.6 is 11.3 Å². The predicted molar refractivity (Wildman–Crippen MR) is 105 cm³/mol. The molecule has 0 bridgehead atoms. The van der Waals surface area contributed by atoms with Gasteiger partial charge in [-0.1, -0.05) is 43.2 Å². The zero-order chi connectivity index (χ0) is 16.6. The molecule has 25 heavy (non-hydrogen) atoms. The zero-order valence-electron chi connectivity index (χ0n) is 14.4. The largest absolute Gasteiger partial charge is 0.353 e. The van der Waals surface area contributed by atoms with E-state index in [-0.39, 0.29) is 0 Å². The molecule has 128 valence electrons. The van der Waals surface area contributed by atoms with E-state index in [2.05, 4.69) is 46.3 Å². The summed E-state index contributed by atoms with van der Waals surface area (Å²) in [5.41, 5.74) is 1.27. The second-order valence-electron chi connectivity index (χ2n) is 7.34. The normalized spacial score (nSPS) is 23.6. The molecule has 4 heteroatoms. The Labute approximate surface area is 152 Å². The van der Waals surface area contributed by atoms with Crippen molar-refractivity contribution in [3.8, 4) is 10.4 Å². The standard InChI is InChI=1S/C21H23N3S/c1-2-8-16(9-3-1)19-13-17-20(22-14-23-21(17)25-19)24-12-6-10-15-7-4-5-11-18(15)24/h1-3,8-9,13-15,18H,4-7,10-12H2/t15-,18-/m1/s1. The molecule has 3 heterocycles. The molecule has 0 unspecified atom stereocenters. The third-order valence-electron chi connectivity index (χ3n) is 5.88. The number of aromatic nitrogens is 2. The van der Waals surface area contributed by atoms with Gasteiger partial charge < -0.3 is 4.90 Å². The van der Waals surface area contributed by atoms with Crippen molar-refractivity contribution in [3.05, 3.63) is 42.7 Å². The van der Waals surface area contributed by atoms with Crippen molar-refractivity contribution in [2.75, 3.05) is 11.4 Å². The van der Waals surface area contributed by atoms with Gasteiger partial charge >= 0.3 is 0 Å². The first-order valence-electron chi connectivity index (χ1n) is 9.47. The molecule has 5 rings (SSSR count). The number of thiophene rings is 1. The summed E-state index contributed by atoms with van der Waals surface area (Å²) in [7, 11) is 0. The van der Waals surface area contributed by atoms with Gasteiger partial charge in [0.2, 0.25) is 0 Å². The SMILES string of the molecule is c1ccc(-c2cc3c(N4CCC[C@H]5CCCC[C@H]54)ncnc3s2)cc1. The third kappa shape index (κ3) is 2.73. The van der Waals surface area contributed by atoms with Gasteiger partial charge in [0.1, 0.15) is 17.0 Å². The van der Waals surface area contributed by atoms with E-state index in [0.29, 0.717) is 6.04 Å². The Bertz CT molecular complexity index is 871. The lowest BCUT2D eigenvalue weighted by Gasteiger charge is -2.44. The summed E-state index contributed by atoms with van der Waals surface area (Å²) in [4.78, 5) is 14.3. The molecule has 3 nitrogen and oxygen atoms in total. The minimum absolute atomic E-state index is 0.681. The van der Waals surface area contributed by atoms with Gasteiger partial charge in [-0.2, -0.15) is 0 Å². The molecule has 3 aromatic rings. The highest BCUT2D eigenvalue weighted by atomic mass is 32.1. The molecule has 1 aliphatic carbocycles.